The Bertz CT molecular complexity index is 459. The molecule has 0 bridgehead atoms. The first-order valence-corrected chi connectivity index (χ1v) is 5.85. The maximum Gasteiger partial charge on any atom is 0.123 e. The summed E-state index contributed by atoms with van der Waals surface area (Å²) in [6, 6.07) is 14.9. The van der Waals surface area contributed by atoms with Gasteiger partial charge in [0.25, 0.3) is 0 Å². The summed E-state index contributed by atoms with van der Waals surface area (Å²) in [5.41, 5.74) is 3.51. The fraction of sp³-hybridized carbons (Fsp3) is 0.200. The Labute approximate surface area is 101 Å². The molecule has 17 heavy (non-hydrogen) atoms. The highest BCUT2D eigenvalue weighted by atomic mass is 19.1. The zero-order chi connectivity index (χ0) is 12.1. The standard InChI is InChI=1S/C15H16FN/c1-2-12-3-5-13(6-4-12)11-17-15-9-7-14(16)8-10-15/h3-10,17H,2,11H2,1H3. The number of halogens is 1. The van der Waals surface area contributed by atoms with E-state index in [-0.39, 0.29) is 5.82 Å². The van der Waals surface area contributed by atoms with Gasteiger partial charge in [0.05, 0.1) is 0 Å². The van der Waals surface area contributed by atoms with Gasteiger partial charge in [0.15, 0.2) is 0 Å². The maximum absolute atomic E-state index is 12.7. The number of aryl methyl sites for hydroxylation is 1. The van der Waals surface area contributed by atoms with E-state index < -0.39 is 0 Å². The molecule has 0 saturated carbocycles. The van der Waals surface area contributed by atoms with Crippen molar-refractivity contribution in [1.29, 1.82) is 0 Å². The van der Waals surface area contributed by atoms with Gasteiger partial charge in [-0.2, -0.15) is 0 Å². The number of nitrogens with one attached hydrogen (secondary N) is 1. The molecule has 0 aromatic heterocycles. The summed E-state index contributed by atoms with van der Waals surface area (Å²) in [6.07, 6.45) is 1.06. The molecule has 2 rings (SSSR count). The molecule has 0 aliphatic rings. The summed E-state index contributed by atoms with van der Waals surface area (Å²) in [7, 11) is 0. The molecule has 0 saturated heterocycles. The van der Waals surface area contributed by atoms with Crippen LogP contribution in [-0.4, -0.2) is 0 Å². The predicted molar refractivity (Wildman–Crippen MR) is 69.5 cm³/mol. The molecule has 1 nitrogen and oxygen atoms in total. The van der Waals surface area contributed by atoms with Gasteiger partial charge in [0.1, 0.15) is 5.82 Å². The lowest BCUT2D eigenvalue weighted by Gasteiger charge is -2.07. The SMILES string of the molecule is CCc1ccc(CNc2ccc(F)cc2)cc1. The normalized spacial score (nSPS) is 10.2. The highest BCUT2D eigenvalue weighted by Gasteiger charge is 1.95. The number of benzene rings is 2. The zero-order valence-electron chi connectivity index (χ0n) is 9.91. The van der Waals surface area contributed by atoms with Gasteiger partial charge < -0.3 is 5.32 Å². The van der Waals surface area contributed by atoms with Crippen LogP contribution in [0.3, 0.4) is 0 Å². The zero-order valence-corrected chi connectivity index (χ0v) is 9.91. The number of rotatable bonds is 4. The Morgan fingerprint density at radius 1 is 0.882 bits per heavy atom. The van der Waals surface area contributed by atoms with Gasteiger partial charge in [0.2, 0.25) is 0 Å². The van der Waals surface area contributed by atoms with Gasteiger partial charge in [0, 0.05) is 12.2 Å². The first kappa shape index (κ1) is 11.6. The molecule has 0 fully saturated rings. The summed E-state index contributed by atoms with van der Waals surface area (Å²) in [5, 5.41) is 3.26. The third-order valence-corrected chi connectivity index (χ3v) is 2.77. The lowest BCUT2D eigenvalue weighted by Crippen LogP contribution is -1.99. The minimum Gasteiger partial charge on any atom is -0.381 e. The van der Waals surface area contributed by atoms with Crippen LogP contribution in [0.15, 0.2) is 48.5 Å². The molecule has 0 aliphatic carbocycles. The second kappa shape index (κ2) is 5.48. The molecule has 0 atom stereocenters. The molecule has 0 unspecified atom stereocenters. The van der Waals surface area contributed by atoms with Gasteiger partial charge >= 0.3 is 0 Å². The van der Waals surface area contributed by atoms with Gasteiger partial charge in [-0.1, -0.05) is 31.2 Å². The predicted octanol–water partition coefficient (Wildman–Crippen LogP) is 4.00. The lowest BCUT2D eigenvalue weighted by atomic mass is 10.1. The highest BCUT2D eigenvalue weighted by molar-refractivity contribution is 5.43. The fourth-order valence-corrected chi connectivity index (χ4v) is 1.66. The van der Waals surface area contributed by atoms with Crippen LogP contribution >= 0.6 is 0 Å². The van der Waals surface area contributed by atoms with Crippen molar-refractivity contribution in [3.63, 3.8) is 0 Å². The van der Waals surface area contributed by atoms with Crippen LogP contribution in [0.25, 0.3) is 0 Å². The van der Waals surface area contributed by atoms with Gasteiger partial charge in [-0.3, -0.25) is 0 Å². The molecule has 0 amide bonds. The average molecular weight is 229 g/mol. The van der Waals surface area contributed by atoms with E-state index in [9.17, 15) is 4.39 Å². The number of anilines is 1. The summed E-state index contributed by atoms with van der Waals surface area (Å²) in [6.45, 7) is 2.90. The van der Waals surface area contributed by atoms with Crippen molar-refractivity contribution in [1.82, 2.24) is 0 Å². The maximum atomic E-state index is 12.7. The van der Waals surface area contributed by atoms with E-state index in [1.54, 1.807) is 12.1 Å². The Balaban J connectivity index is 1.95. The molecule has 0 aliphatic heterocycles. The summed E-state index contributed by atoms with van der Waals surface area (Å²) in [4.78, 5) is 0. The van der Waals surface area contributed by atoms with Crippen molar-refractivity contribution >= 4 is 5.69 Å². The van der Waals surface area contributed by atoms with E-state index in [4.69, 9.17) is 0 Å². The van der Waals surface area contributed by atoms with E-state index in [1.807, 2.05) is 0 Å². The third kappa shape index (κ3) is 3.31. The van der Waals surface area contributed by atoms with E-state index in [0.717, 1.165) is 18.7 Å². The van der Waals surface area contributed by atoms with Crippen LogP contribution in [0.1, 0.15) is 18.1 Å². The Hall–Kier alpha value is -1.83. The molecule has 0 spiro atoms. The molecule has 88 valence electrons. The average Bonchev–Trinajstić information content (AvgIpc) is 2.39. The topological polar surface area (TPSA) is 12.0 Å². The molecular formula is C15H16FN. The van der Waals surface area contributed by atoms with E-state index in [1.165, 1.54) is 23.3 Å². The smallest absolute Gasteiger partial charge is 0.123 e. The fourth-order valence-electron chi connectivity index (χ4n) is 1.66. The van der Waals surface area contributed by atoms with Crippen molar-refractivity contribution in [2.24, 2.45) is 0 Å². The van der Waals surface area contributed by atoms with E-state index in [2.05, 4.69) is 36.5 Å². The highest BCUT2D eigenvalue weighted by Crippen LogP contribution is 2.11. The third-order valence-electron chi connectivity index (χ3n) is 2.77. The van der Waals surface area contributed by atoms with Crippen LogP contribution in [0.5, 0.6) is 0 Å². The monoisotopic (exact) mass is 229 g/mol. The minimum absolute atomic E-state index is 0.206. The summed E-state index contributed by atoms with van der Waals surface area (Å²) >= 11 is 0. The van der Waals surface area contributed by atoms with Crippen molar-refractivity contribution < 1.29 is 4.39 Å². The Kier molecular flexibility index (Phi) is 3.76. The van der Waals surface area contributed by atoms with Crippen LogP contribution in [0.2, 0.25) is 0 Å². The summed E-state index contributed by atoms with van der Waals surface area (Å²) in [5.74, 6) is -0.206. The number of hydrogen-bond acceptors (Lipinski definition) is 1. The van der Waals surface area contributed by atoms with Crippen molar-refractivity contribution in [2.45, 2.75) is 19.9 Å². The van der Waals surface area contributed by atoms with Gasteiger partial charge in [-0.15, -0.1) is 0 Å². The van der Waals surface area contributed by atoms with Crippen LogP contribution in [-0.2, 0) is 13.0 Å². The van der Waals surface area contributed by atoms with Crippen LogP contribution < -0.4 is 5.32 Å². The molecule has 1 N–H and O–H groups in total. The lowest BCUT2D eigenvalue weighted by molar-refractivity contribution is 0.628. The molecule has 0 heterocycles. The van der Waals surface area contributed by atoms with Crippen molar-refractivity contribution in [2.75, 3.05) is 5.32 Å². The molecule has 2 aromatic rings. The van der Waals surface area contributed by atoms with Crippen molar-refractivity contribution in [3.05, 3.63) is 65.5 Å². The van der Waals surface area contributed by atoms with Gasteiger partial charge in [-0.05, 0) is 41.8 Å². The first-order chi connectivity index (χ1) is 8.28. The van der Waals surface area contributed by atoms with Crippen molar-refractivity contribution in [3.8, 4) is 0 Å². The number of hydrogen-bond donors (Lipinski definition) is 1. The minimum atomic E-state index is -0.206. The van der Waals surface area contributed by atoms with E-state index in [0.29, 0.717) is 0 Å². The molecular weight excluding hydrogens is 213 g/mol. The van der Waals surface area contributed by atoms with E-state index >= 15 is 0 Å². The largest absolute Gasteiger partial charge is 0.381 e. The molecule has 0 radical (unpaired) electrons. The van der Waals surface area contributed by atoms with Crippen LogP contribution in [0.4, 0.5) is 10.1 Å². The second-order valence-electron chi connectivity index (χ2n) is 4.03. The molecule has 2 aromatic carbocycles. The Morgan fingerprint density at radius 3 is 2.06 bits per heavy atom. The quantitative estimate of drug-likeness (QED) is 0.835. The summed E-state index contributed by atoms with van der Waals surface area (Å²) < 4.78 is 12.7. The Morgan fingerprint density at radius 2 is 1.47 bits per heavy atom. The molecule has 2 heteroatoms. The first-order valence-electron chi connectivity index (χ1n) is 5.85. The second-order valence-corrected chi connectivity index (χ2v) is 4.03. The van der Waals surface area contributed by atoms with Gasteiger partial charge in [-0.25, -0.2) is 4.39 Å². The van der Waals surface area contributed by atoms with Crippen LogP contribution in [0, 0.1) is 5.82 Å².